The molecule has 2 rings (SSSR count). The zero-order valence-electron chi connectivity index (χ0n) is 15.3. The van der Waals surface area contributed by atoms with E-state index in [1.165, 1.54) is 12.1 Å². The third kappa shape index (κ3) is 4.63. The standard InChI is InChI=1S/C20H24F2N2O/c1-11-8-12(2)19(13(3)9-11)24-20(25)15(5)23-14(4)17-7-6-16(21)10-18(17)22/h6-10,14-15,23H,1-5H3,(H,24,25)/p+1/t14-,15+/m1/s1. The smallest absolute Gasteiger partial charge is 0.282 e. The number of halogens is 2. The number of quaternary nitrogens is 1. The van der Waals surface area contributed by atoms with Crippen molar-refractivity contribution in [1.82, 2.24) is 0 Å². The van der Waals surface area contributed by atoms with Crippen LogP contribution in [-0.2, 0) is 4.79 Å². The van der Waals surface area contributed by atoms with Gasteiger partial charge in [-0.3, -0.25) is 4.79 Å². The van der Waals surface area contributed by atoms with Crippen LogP contribution in [0.3, 0.4) is 0 Å². The van der Waals surface area contributed by atoms with Gasteiger partial charge in [0.05, 0.1) is 0 Å². The fraction of sp³-hybridized carbons (Fsp3) is 0.350. The highest BCUT2D eigenvalue weighted by molar-refractivity contribution is 5.95. The van der Waals surface area contributed by atoms with Gasteiger partial charge in [0.2, 0.25) is 0 Å². The molecular formula is C20H25F2N2O+. The van der Waals surface area contributed by atoms with E-state index in [2.05, 4.69) is 5.32 Å². The molecule has 0 bridgehead atoms. The van der Waals surface area contributed by atoms with Gasteiger partial charge in [-0.2, -0.15) is 0 Å². The maximum atomic E-state index is 13.9. The van der Waals surface area contributed by atoms with Gasteiger partial charge in [-0.15, -0.1) is 0 Å². The van der Waals surface area contributed by atoms with Crippen molar-refractivity contribution in [3.63, 3.8) is 0 Å². The Bertz CT molecular complexity index is 766. The highest BCUT2D eigenvalue weighted by atomic mass is 19.1. The van der Waals surface area contributed by atoms with Crippen molar-refractivity contribution in [2.45, 2.75) is 46.7 Å². The minimum atomic E-state index is -0.607. The number of amides is 1. The first-order valence-electron chi connectivity index (χ1n) is 8.37. The van der Waals surface area contributed by atoms with Gasteiger partial charge in [0.15, 0.2) is 6.04 Å². The van der Waals surface area contributed by atoms with Crippen LogP contribution in [0.1, 0.15) is 42.1 Å². The van der Waals surface area contributed by atoms with Crippen LogP contribution in [0.2, 0.25) is 0 Å². The Morgan fingerprint density at radius 2 is 1.64 bits per heavy atom. The van der Waals surface area contributed by atoms with Gasteiger partial charge in [0.25, 0.3) is 5.91 Å². The van der Waals surface area contributed by atoms with Crippen molar-refractivity contribution in [2.24, 2.45) is 0 Å². The summed E-state index contributed by atoms with van der Waals surface area (Å²) in [5, 5.41) is 4.73. The second kappa shape index (κ2) is 7.74. The molecule has 2 aromatic rings. The molecule has 0 heterocycles. The van der Waals surface area contributed by atoms with E-state index < -0.39 is 17.7 Å². The number of rotatable bonds is 5. The summed E-state index contributed by atoms with van der Waals surface area (Å²) in [7, 11) is 0. The number of hydrogen-bond acceptors (Lipinski definition) is 1. The van der Waals surface area contributed by atoms with E-state index in [1.54, 1.807) is 19.2 Å². The highest BCUT2D eigenvalue weighted by Crippen LogP contribution is 2.22. The number of hydrogen-bond donors (Lipinski definition) is 2. The van der Waals surface area contributed by atoms with Crippen molar-refractivity contribution in [1.29, 1.82) is 0 Å². The average Bonchev–Trinajstić information content (AvgIpc) is 2.50. The van der Waals surface area contributed by atoms with E-state index in [0.717, 1.165) is 28.4 Å². The summed E-state index contributed by atoms with van der Waals surface area (Å²) in [4.78, 5) is 12.5. The van der Waals surface area contributed by atoms with Gasteiger partial charge in [0, 0.05) is 17.3 Å². The third-order valence-corrected chi connectivity index (χ3v) is 4.37. The van der Waals surface area contributed by atoms with E-state index in [0.29, 0.717) is 5.56 Å². The number of anilines is 1. The Labute approximate surface area is 147 Å². The zero-order chi connectivity index (χ0) is 18.7. The van der Waals surface area contributed by atoms with E-state index >= 15 is 0 Å². The normalized spacial score (nSPS) is 13.4. The lowest BCUT2D eigenvalue weighted by molar-refractivity contribution is -0.710. The maximum absolute atomic E-state index is 13.9. The lowest BCUT2D eigenvalue weighted by Gasteiger charge is -2.19. The first-order valence-corrected chi connectivity index (χ1v) is 8.37. The molecule has 0 saturated carbocycles. The second-order valence-electron chi connectivity index (χ2n) is 6.70. The van der Waals surface area contributed by atoms with E-state index in [9.17, 15) is 13.6 Å². The quantitative estimate of drug-likeness (QED) is 0.854. The summed E-state index contributed by atoms with van der Waals surface area (Å²) in [6.45, 7) is 9.50. The van der Waals surface area contributed by atoms with Gasteiger partial charge < -0.3 is 10.6 Å². The molecule has 0 aliphatic heterocycles. The Morgan fingerprint density at radius 1 is 1.04 bits per heavy atom. The molecule has 3 N–H and O–H groups in total. The SMILES string of the molecule is Cc1cc(C)c(NC(=O)[C@H](C)[NH2+][C@H](C)c2ccc(F)cc2F)c(C)c1. The van der Waals surface area contributed by atoms with Crippen LogP contribution in [0.4, 0.5) is 14.5 Å². The molecular weight excluding hydrogens is 322 g/mol. The van der Waals surface area contributed by atoms with Crippen LogP contribution in [0.25, 0.3) is 0 Å². The van der Waals surface area contributed by atoms with Crippen molar-refractivity contribution in [2.75, 3.05) is 5.32 Å². The van der Waals surface area contributed by atoms with Crippen molar-refractivity contribution in [3.05, 3.63) is 64.2 Å². The Kier molecular flexibility index (Phi) is 5.90. The molecule has 134 valence electrons. The molecule has 5 heteroatoms. The molecule has 0 unspecified atom stereocenters. The molecule has 0 aliphatic rings. The zero-order valence-corrected chi connectivity index (χ0v) is 15.3. The fourth-order valence-corrected chi connectivity index (χ4v) is 3.11. The summed E-state index contributed by atoms with van der Waals surface area (Å²) in [5.74, 6) is -1.35. The third-order valence-electron chi connectivity index (χ3n) is 4.37. The lowest BCUT2D eigenvalue weighted by Crippen LogP contribution is -2.91. The van der Waals surface area contributed by atoms with Crippen LogP contribution in [0.15, 0.2) is 30.3 Å². The largest absolute Gasteiger partial charge is 0.330 e. The van der Waals surface area contributed by atoms with Crippen LogP contribution >= 0.6 is 0 Å². The summed E-state index contributed by atoms with van der Waals surface area (Å²) in [5.41, 5.74) is 4.36. The second-order valence-corrected chi connectivity index (χ2v) is 6.70. The number of nitrogens with two attached hydrogens (primary N) is 1. The first kappa shape index (κ1) is 19.1. The minimum absolute atomic E-state index is 0.149. The number of nitrogens with one attached hydrogen (secondary N) is 1. The van der Waals surface area contributed by atoms with Crippen LogP contribution in [0.5, 0.6) is 0 Å². The van der Waals surface area contributed by atoms with Crippen molar-refractivity contribution < 1.29 is 18.9 Å². The van der Waals surface area contributed by atoms with E-state index in [-0.39, 0.29) is 11.9 Å². The first-order chi connectivity index (χ1) is 11.7. The summed E-state index contributed by atoms with van der Waals surface area (Å²) in [6, 6.07) is 6.84. The summed E-state index contributed by atoms with van der Waals surface area (Å²) in [6.07, 6.45) is 0. The van der Waals surface area contributed by atoms with Crippen LogP contribution in [-0.4, -0.2) is 11.9 Å². The average molecular weight is 347 g/mol. The monoisotopic (exact) mass is 347 g/mol. The number of aryl methyl sites for hydroxylation is 3. The predicted molar refractivity (Wildman–Crippen MR) is 95.4 cm³/mol. The van der Waals surface area contributed by atoms with Gasteiger partial charge in [-0.1, -0.05) is 17.7 Å². The maximum Gasteiger partial charge on any atom is 0.282 e. The fourth-order valence-electron chi connectivity index (χ4n) is 3.11. The number of benzene rings is 2. The molecule has 0 saturated heterocycles. The molecule has 2 atom stereocenters. The number of carbonyl (C=O) groups is 1. The highest BCUT2D eigenvalue weighted by Gasteiger charge is 2.23. The molecule has 0 spiro atoms. The molecule has 0 aliphatic carbocycles. The molecule has 1 amide bonds. The summed E-state index contributed by atoms with van der Waals surface area (Å²) < 4.78 is 26.9. The molecule has 2 aromatic carbocycles. The van der Waals surface area contributed by atoms with Gasteiger partial charge in [0.1, 0.15) is 17.7 Å². The Morgan fingerprint density at radius 3 is 2.20 bits per heavy atom. The van der Waals surface area contributed by atoms with E-state index in [4.69, 9.17) is 0 Å². The molecule has 0 fully saturated rings. The Hall–Kier alpha value is -2.27. The van der Waals surface area contributed by atoms with Crippen LogP contribution < -0.4 is 10.6 Å². The molecule has 25 heavy (non-hydrogen) atoms. The van der Waals surface area contributed by atoms with E-state index in [1.807, 2.05) is 32.9 Å². The molecule has 0 aromatic heterocycles. The van der Waals surface area contributed by atoms with Gasteiger partial charge in [-0.25, -0.2) is 8.78 Å². The Balaban J connectivity index is 2.08. The van der Waals surface area contributed by atoms with Crippen LogP contribution in [0, 0.1) is 32.4 Å². The topological polar surface area (TPSA) is 45.7 Å². The van der Waals surface area contributed by atoms with Gasteiger partial charge >= 0.3 is 0 Å². The molecule has 3 nitrogen and oxygen atoms in total. The minimum Gasteiger partial charge on any atom is -0.330 e. The summed E-state index contributed by atoms with van der Waals surface area (Å²) >= 11 is 0. The number of carbonyl (C=O) groups excluding carboxylic acids is 1. The predicted octanol–water partition coefficient (Wildman–Crippen LogP) is 3.54. The lowest BCUT2D eigenvalue weighted by atomic mass is 10.0. The van der Waals surface area contributed by atoms with Crippen molar-refractivity contribution in [3.8, 4) is 0 Å². The van der Waals surface area contributed by atoms with Crippen molar-refractivity contribution >= 4 is 11.6 Å². The molecule has 0 radical (unpaired) electrons. The van der Waals surface area contributed by atoms with Gasteiger partial charge in [-0.05, 0) is 57.9 Å².